The second-order valence-corrected chi connectivity index (χ2v) is 6.12. The molecule has 0 aromatic heterocycles. The van der Waals surface area contributed by atoms with Crippen molar-refractivity contribution in [1.29, 1.82) is 0 Å². The molecule has 106 valence electrons. The fourth-order valence-corrected chi connectivity index (χ4v) is 2.79. The summed E-state index contributed by atoms with van der Waals surface area (Å²) in [6.07, 6.45) is 0.792. The number of halogens is 2. The summed E-state index contributed by atoms with van der Waals surface area (Å²) < 4.78 is 0. The SMILES string of the molecule is Cc1cc(C)cc(CC(O)Cc2ccc(Cl)c(Cl)c2)c1. The van der Waals surface area contributed by atoms with Crippen molar-refractivity contribution in [3.05, 3.63) is 68.7 Å². The van der Waals surface area contributed by atoms with Crippen LogP contribution in [-0.2, 0) is 12.8 Å². The first-order valence-electron chi connectivity index (χ1n) is 6.63. The van der Waals surface area contributed by atoms with Crippen LogP contribution in [0.2, 0.25) is 10.0 Å². The van der Waals surface area contributed by atoms with E-state index in [1.54, 1.807) is 6.07 Å². The number of benzene rings is 2. The van der Waals surface area contributed by atoms with E-state index in [4.69, 9.17) is 23.2 Å². The van der Waals surface area contributed by atoms with E-state index in [-0.39, 0.29) is 0 Å². The van der Waals surface area contributed by atoms with E-state index in [0.717, 1.165) is 11.1 Å². The average molecular weight is 309 g/mol. The van der Waals surface area contributed by atoms with Crippen molar-refractivity contribution in [3.8, 4) is 0 Å². The van der Waals surface area contributed by atoms with Gasteiger partial charge < -0.3 is 5.11 Å². The second-order valence-electron chi connectivity index (χ2n) is 5.31. The number of aryl methyl sites for hydroxylation is 2. The predicted octanol–water partition coefficient (Wildman–Crippen LogP) is 4.76. The molecule has 0 saturated carbocycles. The Morgan fingerprint density at radius 3 is 2.05 bits per heavy atom. The predicted molar refractivity (Wildman–Crippen MR) is 85.8 cm³/mol. The summed E-state index contributed by atoms with van der Waals surface area (Å²) in [4.78, 5) is 0. The molecule has 0 saturated heterocycles. The smallest absolute Gasteiger partial charge is 0.0620 e. The lowest BCUT2D eigenvalue weighted by atomic mass is 9.99. The molecule has 1 unspecified atom stereocenters. The molecule has 1 nitrogen and oxygen atoms in total. The van der Waals surface area contributed by atoms with Gasteiger partial charge in [-0.3, -0.25) is 0 Å². The lowest BCUT2D eigenvalue weighted by molar-refractivity contribution is 0.175. The Labute approximate surface area is 130 Å². The van der Waals surface area contributed by atoms with E-state index in [2.05, 4.69) is 32.0 Å². The number of aliphatic hydroxyl groups excluding tert-OH is 1. The quantitative estimate of drug-likeness (QED) is 0.863. The molecule has 0 bridgehead atoms. The van der Waals surface area contributed by atoms with Crippen molar-refractivity contribution in [3.63, 3.8) is 0 Å². The number of aliphatic hydroxyl groups is 1. The molecule has 2 aromatic carbocycles. The summed E-state index contributed by atoms with van der Waals surface area (Å²) in [6, 6.07) is 11.8. The van der Waals surface area contributed by atoms with Crippen molar-refractivity contribution in [2.45, 2.75) is 32.8 Å². The first-order valence-corrected chi connectivity index (χ1v) is 7.39. The normalized spacial score (nSPS) is 12.4. The highest BCUT2D eigenvalue weighted by molar-refractivity contribution is 6.42. The molecule has 0 radical (unpaired) electrons. The van der Waals surface area contributed by atoms with Gasteiger partial charge in [0.25, 0.3) is 0 Å². The third-order valence-corrected chi connectivity index (χ3v) is 3.95. The van der Waals surface area contributed by atoms with Crippen molar-refractivity contribution in [1.82, 2.24) is 0 Å². The van der Waals surface area contributed by atoms with Crippen LogP contribution in [0.5, 0.6) is 0 Å². The van der Waals surface area contributed by atoms with Gasteiger partial charge in [-0.15, -0.1) is 0 Å². The minimum Gasteiger partial charge on any atom is -0.392 e. The van der Waals surface area contributed by atoms with Gasteiger partial charge >= 0.3 is 0 Å². The highest BCUT2D eigenvalue weighted by Crippen LogP contribution is 2.23. The van der Waals surface area contributed by atoms with Gasteiger partial charge in [0.1, 0.15) is 0 Å². The van der Waals surface area contributed by atoms with E-state index >= 15 is 0 Å². The maximum absolute atomic E-state index is 10.2. The zero-order valence-electron chi connectivity index (χ0n) is 11.7. The van der Waals surface area contributed by atoms with E-state index in [0.29, 0.717) is 22.9 Å². The van der Waals surface area contributed by atoms with E-state index in [1.807, 2.05) is 12.1 Å². The Kier molecular flexibility index (Phi) is 5.09. The monoisotopic (exact) mass is 308 g/mol. The highest BCUT2D eigenvalue weighted by atomic mass is 35.5. The molecular formula is C17H18Cl2O. The minimum absolute atomic E-state index is 0.423. The van der Waals surface area contributed by atoms with Crippen LogP contribution in [0.1, 0.15) is 22.3 Å². The summed E-state index contributed by atoms with van der Waals surface area (Å²) in [5.74, 6) is 0. The summed E-state index contributed by atoms with van der Waals surface area (Å²) in [6.45, 7) is 4.14. The van der Waals surface area contributed by atoms with Crippen LogP contribution in [-0.4, -0.2) is 11.2 Å². The van der Waals surface area contributed by atoms with Gasteiger partial charge in [-0.2, -0.15) is 0 Å². The zero-order valence-corrected chi connectivity index (χ0v) is 13.2. The molecule has 0 fully saturated rings. The first kappa shape index (κ1) is 15.4. The molecule has 0 aliphatic heterocycles. The summed E-state index contributed by atoms with van der Waals surface area (Å²) in [5.41, 5.74) is 4.61. The van der Waals surface area contributed by atoms with Gasteiger partial charge in [-0.25, -0.2) is 0 Å². The molecule has 0 amide bonds. The summed E-state index contributed by atoms with van der Waals surface area (Å²) in [7, 11) is 0. The maximum atomic E-state index is 10.2. The Morgan fingerprint density at radius 1 is 0.850 bits per heavy atom. The molecule has 3 heteroatoms. The third kappa shape index (κ3) is 4.24. The Bertz CT molecular complexity index is 588. The Morgan fingerprint density at radius 2 is 1.45 bits per heavy atom. The van der Waals surface area contributed by atoms with Crippen LogP contribution in [0.15, 0.2) is 36.4 Å². The standard InChI is InChI=1S/C17H18Cl2O/c1-11-5-12(2)7-14(6-11)9-15(20)8-13-3-4-16(18)17(19)10-13/h3-7,10,15,20H,8-9H2,1-2H3. The van der Waals surface area contributed by atoms with Gasteiger partial charge in [0.15, 0.2) is 0 Å². The number of hydrogen-bond donors (Lipinski definition) is 1. The van der Waals surface area contributed by atoms with Crippen molar-refractivity contribution >= 4 is 23.2 Å². The van der Waals surface area contributed by atoms with Gasteiger partial charge in [-0.05, 0) is 49.9 Å². The van der Waals surface area contributed by atoms with Crippen LogP contribution in [0.3, 0.4) is 0 Å². The van der Waals surface area contributed by atoms with Crippen LogP contribution in [0.4, 0.5) is 0 Å². The van der Waals surface area contributed by atoms with Gasteiger partial charge in [-0.1, -0.05) is 58.6 Å². The van der Waals surface area contributed by atoms with Crippen LogP contribution in [0, 0.1) is 13.8 Å². The van der Waals surface area contributed by atoms with Crippen LogP contribution < -0.4 is 0 Å². The molecule has 0 spiro atoms. The van der Waals surface area contributed by atoms with E-state index in [9.17, 15) is 5.11 Å². The Balaban J connectivity index is 2.04. The highest BCUT2D eigenvalue weighted by Gasteiger charge is 2.09. The molecule has 20 heavy (non-hydrogen) atoms. The third-order valence-electron chi connectivity index (χ3n) is 3.21. The number of hydrogen-bond acceptors (Lipinski definition) is 1. The summed E-state index contributed by atoms with van der Waals surface area (Å²) in [5, 5.41) is 11.3. The van der Waals surface area contributed by atoms with Gasteiger partial charge in [0.05, 0.1) is 16.1 Å². The van der Waals surface area contributed by atoms with Crippen LogP contribution in [0.25, 0.3) is 0 Å². The minimum atomic E-state index is -0.423. The lowest BCUT2D eigenvalue weighted by Crippen LogP contribution is -2.14. The first-order chi connectivity index (χ1) is 9.44. The van der Waals surface area contributed by atoms with Gasteiger partial charge in [0.2, 0.25) is 0 Å². The summed E-state index contributed by atoms with van der Waals surface area (Å²) >= 11 is 11.9. The molecule has 0 aliphatic carbocycles. The Hall–Kier alpha value is -1.02. The molecule has 1 atom stereocenters. The van der Waals surface area contributed by atoms with Gasteiger partial charge in [0, 0.05) is 0 Å². The van der Waals surface area contributed by atoms with E-state index < -0.39 is 6.10 Å². The molecule has 0 heterocycles. The van der Waals surface area contributed by atoms with Crippen LogP contribution >= 0.6 is 23.2 Å². The molecular weight excluding hydrogens is 291 g/mol. The molecule has 2 rings (SSSR count). The molecule has 1 N–H and O–H groups in total. The van der Waals surface area contributed by atoms with Crippen molar-refractivity contribution in [2.75, 3.05) is 0 Å². The fourth-order valence-electron chi connectivity index (χ4n) is 2.47. The fraction of sp³-hybridized carbons (Fsp3) is 0.294. The topological polar surface area (TPSA) is 20.2 Å². The zero-order chi connectivity index (χ0) is 14.7. The van der Waals surface area contributed by atoms with E-state index in [1.165, 1.54) is 11.1 Å². The van der Waals surface area contributed by atoms with Crippen molar-refractivity contribution < 1.29 is 5.11 Å². The lowest BCUT2D eigenvalue weighted by Gasteiger charge is -2.12. The molecule has 0 aliphatic rings. The maximum Gasteiger partial charge on any atom is 0.0620 e. The largest absolute Gasteiger partial charge is 0.392 e. The van der Waals surface area contributed by atoms with Crippen molar-refractivity contribution in [2.24, 2.45) is 0 Å². The second kappa shape index (κ2) is 6.62. The average Bonchev–Trinajstić information content (AvgIpc) is 2.32. The molecule has 2 aromatic rings. The number of rotatable bonds is 4.